The molecule has 39 heavy (non-hydrogen) atoms. The van der Waals surface area contributed by atoms with Gasteiger partial charge in [0.25, 0.3) is 10.0 Å². The first-order chi connectivity index (χ1) is 18.4. The van der Waals surface area contributed by atoms with Gasteiger partial charge in [-0.2, -0.15) is 0 Å². The fraction of sp³-hybridized carbons (Fsp3) is 0.286. The van der Waals surface area contributed by atoms with Crippen molar-refractivity contribution in [3.05, 3.63) is 93.7 Å². The first-order valence-corrected chi connectivity index (χ1v) is 14.5. The van der Waals surface area contributed by atoms with Gasteiger partial charge in [0, 0.05) is 23.1 Å². The third-order valence-electron chi connectivity index (χ3n) is 6.01. The maximum atomic E-state index is 13.8. The van der Waals surface area contributed by atoms with Crippen molar-refractivity contribution >= 4 is 50.7 Å². The van der Waals surface area contributed by atoms with E-state index in [1.165, 1.54) is 59.5 Å². The maximum absolute atomic E-state index is 13.8. The molecular weight excluding hydrogens is 564 g/mol. The van der Waals surface area contributed by atoms with Gasteiger partial charge in [0.2, 0.25) is 11.8 Å². The molecular formula is C28H30Cl2FN3O4S. The molecule has 0 radical (unpaired) electrons. The van der Waals surface area contributed by atoms with Gasteiger partial charge in [-0.15, -0.1) is 0 Å². The molecule has 0 aliphatic heterocycles. The number of halogens is 3. The highest BCUT2D eigenvalue weighted by Gasteiger charge is 2.32. The standard InChI is InChI=1S/C28H30Cl2FN3O4S/c1-4-13-32-28(36)20(3)33(17-21-7-9-24(31)10-8-21)27(35)18-34(25-15-22(29)14-23(30)16-25)39(37,38)26-11-5-19(2)6-12-26/h5-12,14-16,20H,4,13,17-18H2,1-3H3,(H,32,36)/t20-/m0/s1. The van der Waals surface area contributed by atoms with Gasteiger partial charge in [-0.05, 0) is 68.3 Å². The second-order valence-electron chi connectivity index (χ2n) is 9.07. The number of amides is 2. The van der Waals surface area contributed by atoms with Gasteiger partial charge in [-0.25, -0.2) is 12.8 Å². The largest absolute Gasteiger partial charge is 0.354 e. The van der Waals surface area contributed by atoms with Gasteiger partial charge in [-0.3, -0.25) is 13.9 Å². The number of hydrogen-bond acceptors (Lipinski definition) is 4. The number of hydrogen-bond donors (Lipinski definition) is 1. The minimum Gasteiger partial charge on any atom is -0.354 e. The van der Waals surface area contributed by atoms with Crippen LogP contribution < -0.4 is 9.62 Å². The summed E-state index contributed by atoms with van der Waals surface area (Å²) in [5, 5.41) is 3.13. The zero-order valence-corrected chi connectivity index (χ0v) is 24.2. The van der Waals surface area contributed by atoms with Crippen LogP contribution in [0.25, 0.3) is 0 Å². The molecule has 0 saturated carbocycles. The molecule has 0 aliphatic carbocycles. The summed E-state index contributed by atoms with van der Waals surface area (Å²) < 4.78 is 42.1. The van der Waals surface area contributed by atoms with E-state index in [1.807, 2.05) is 13.8 Å². The Bertz CT molecular complexity index is 1400. The first-order valence-electron chi connectivity index (χ1n) is 12.3. The molecule has 208 valence electrons. The van der Waals surface area contributed by atoms with Crippen LogP contribution in [0.4, 0.5) is 10.1 Å². The molecule has 0 aliphatic rings. The molecule has 0 aromatic heterocycles. The summed E-state index contributed by atoms with van der Waals surface area (Å²) in [5.41, 5.74) is 1.52. The lowest BCUT2D eigenvalue weighted by atomic mass is 10.1. The monoisotopic (exact) mass is 593 g/mol. The lowest BCUT2D eigenvalue weighted by molar-refractivity contribution is -0.139. The van der Waals surface area contributed by atoms with Crippen molar-refractivity contribution in [2.24, 2.45) is 0 Å². The molecule has 0 bridgehead atoms. The summed E-state index contributed by atoms with van der Waals surface area (Å²) in [7, 11) is -4.25. The molecule has 0 fully saturated rings. The highest BCUT2D eigenvalue weighted by molar-refractivity contribution is 7.92. The van der Waals surface area contributed by atoms with Crippen molar-refractivity contribution in [1.29, 1.82) is 0 Å². The SMILES string of the molecule is CCCNC(=O)[C@H](C)N(Cc1ccc(F)cc1)C(=O)CN(c1cc(Cl)cc(Cl)c1)S(=O)(=O)c1ccc(C)cc1. The summed E-state index contributed by atoms with van der Waals surface area (Å²) in [5.74, 6) is -1.49. The number of benzene rings is 3. The van der Waals surface area contributed by atoms with Crippen LogP contribution in [0.1, 0.15) is 31.4 Å². The second-order valence-corrected chi connectivity index (χ2v) is 11.8. The number of carbonyl (C=O) groups excluding carboxylic acids is 2. The molecule has 0 saturated heterocycles. The number of carbonyl (C=O) groups is 2. The van der Waals surface area contributed by atoms with Crippen LogP contribution in [-0.2, 0) is 26.2 Å². The first kappa shape index (κ1) is 30.4. The van der Waals surface area contributed by atoms with E-state index in [1.54, 1.807) is 19.1 Å². The number of rotatable bonds is 11. The second kappa shape index (κ2) is 13.3. The molecule has 0 unspecified atom stereocenters. The fourth-order valence-corrected chi connectivity index (χ4v) is 5.73. The van der Waals surface area contributed by atoms with Crippen LogP contribution >= 0.6 is 23.2 Å². The molecule has 7 nitrogen and oxygen atoms in total. The van der Waals surface area contributed by atoms with Gasteiger partial charge in [0.15, 0.2) is 0 Å². The zero-order chi connectivity index (χ0) is 28.7. The average Bonchev–Trinajstić information content (AvgIpc) is 2.89. The van der Waals surface area contributed by atoms with Crippen molar-refractivity contribution in [2.75, 3.05) is 17.4 Å². The molecule has 2 amide bonds. The zero-order valence-electron chi connectivity index (χ0n) is 21.8. The Morgan fingerprint density at radius 1 is 0.974 bits per heavy atom. The molecule has 3 aromatic rings. The number of nitrogens with one attached hydrogen (secondary N) is 1. The van der Waals surface area contributed by atoms with E-state index >= 15 is 0 Å². The maximum Gasteiger partial charge on any atom is 0.264 e. The van der Waals surface area contributed by atoms with Gasteiger partial charge < -0.3 is 10.2 Å². The molecule has 0 heterocycles. The average molecular weight is 595 g/mol. The lowest BCUT2D eigenvalue weighted by Gasteiger charge is -2.32. The van der Waals surface area contributed by atoms with E-state index in [0.717, 1.165) is 9.87 Å². The van der Waals surface area contributed by atoms with Crippen LogP contribution in [0, 0.1) is 12.7 Å². The van der Waals surface area contributed by atoms with Crippen LogP contribution in [0.5, 0.6) is 0 Å². The quantitative estimate of drug-likeness (QED) is 0.314. The smallest absolute Gasteiger partial charge is 0.264 e. The van der Waals surface area contributed by atoms with Crippen LogP contribution in [0.2, 0.25) is 10.0 Å². The van der Waals surface area contributed by atoms with Crippen molar-refractivity contribution < 1.29 is 22.4 Å². The van der Waals surface area contributed by atoms with Gasteiger partial charge >= 0.3 is 0 Å². The normalized spacial score (nSPS) is 12.1. The fourth-order valence-electron chi connectivity index (χ4n) is 3.81. The van der Waals surface area contributed by atoms with Crippen molar-refractivity contribution in [1.82, 2.24) is 10.2 Å². The summed E-state index contributed by atoms with van der Waals surface area (Å²) in [4.78, 5) is 27.9. The van der Waals surface area contributed by atoms with E-state index in [0.29, 0.717) is 18.5 Å². The topological polar surface area (TPSA) is 86.8 Å². The van der Waals surface area contributed by atoms with E-state index in [2.05, 4.69) is 5.32 Å². The van der Waals surface area contributed by atoms with E-state index < -0.39 is 40.2 Å². The van der Waals surface area contributed by atoms with Gasteiger partial charge in [-0.1, -0.05) is 60.0 Å². The van der Waals surface area contributed by atoms with Crippen molar-refractivity contribution in [2.45, 2.75) is 44.7 Å². The van der Waals surface area contributed by atoms with E-state index in [4.69, 9.17) is 23.2 Å². The Kier molecular flexibility index (Phi) is 10.4. The number of aryl methyl sites for hydroxylation is 1. The number of anilines is 1. The molecule has 3 aromatic carbocycles. The van der Waals surface area contributed by atoms with Crippen LogP contribution in [0.3, 0.4) is 0 Å². The van der Waals surface area contributed by atoms with Gasteiger partial charge in [0.05, 0.1) is 10.6 Å². The molecule has 0 spiro atoms. The summed E-state index contributed by atoms with van der Waals surface area (Å²) in [6.45, 7) is 5.01. The van der Waals surface area contributed by atoms with Gasteiger partial charge in [0.1, 0.15) is 18.4 Å². The Morgan fingerprint density at radius 2 is 1.56 bits per heavy atom. The molecule has 11 heteroatoms. The lowest BCUT2D eigenvalue weighted by Crippen LogP contribution is -2.51. The third kappa shape index (κ3) is 7.94. The highest BCUT2D eigenvalue weighted by atomic mass is 35.5. The summed E-state index contributed by atoms with van der Waals surface area (Å²) in [6.07, 6.45) is 0.697. The number of sulfonamides is 1. The Labute approximate surface area is 238 Å². The third-order valence-corrected chi connectivity index (χ3v) is 8.23. The van der Waals surface area contributed by atoms with Crippen LogP contribution in [-0.4, -0.2) is 44.3 Å². The molecule has 1 atom stereocenters. The van der Waals surface area contributed by atoms with Crippen LogP contribution in [0.15, 0.2) is 71.6 Å². The summed E-state index contributed by atoms with van der Waals surface area (Å²) >= 11 is 12.4. The highest BCUT2D eigenvalue weighted by Crippen LogP contribution is 2.30. The van der Waals surface area contributed by atoms with Crippen molar-refractivity contribution in [3.8, 4) is 0 Å². The minimum atomic E-state index is -4.25. The Hall–Kier alpha value is -3.14. The minimum absolute atomic E-state index is 0.0316. The molecule has 3 rings (SSSR count). The predicted molar refractivity (Wildman–Crippen MR) is 152 cm³/mol. The predicted octanol–water partition coefficient (Wildman–Crippen LogP) is 5.58. The summed E-state index contributed by atoms with van der Waals surface area (Å²) in [6, 6.07) is 15.0. The van der Waals surface area contributed by atoms with E-state index in [-0.39, 0.29) is 27.2 Å². The molecule has 1 N–H and O–H groups in total. The number of nitrogens with zero attached hydrogens (tertiary/aromatic N) is 2. The van der Waals surface area contributed by atoms with Crippen molar-refractivity contribution in [3.63, 3.8) is 0 Å². The Balaban J connectivity index is 2.04. The Morgan fingerprint density at radius 3 is 2.13 bits per heavy atom. The van der Waals surface area contributed by atoms with E-state index in [9.17, 15) is 22.4 Å².